The number of aliphatic hydroxyl groups is 4. The predicted molar refractivity (Wildman–Crippen MR) is 539 cm³/mol. The molecule has 20 heteroatoms. The van der Waals surface area contributed by atoms with Crippen molar-refractivity contribution < 1.29 is 154 Å². The molecule has 16 nitrogen and oxygen atoms in total. The van der Waals surface area contributed by atoms with Crippen molar-refractivity contribution in [1.29, 1.82) is 0 Å². The van der Waals surface area contributed by atoms with Crippen LogP contribution in [-0.4, -0.2) is 86.6 Å². The number of rotatable bonds is 12. The van der Waals surface area contributed by atoms with Gasteiger partial charge in [0.2, 0.25) is 0 Å². The fourth-order valence-electron chi connectivity index (χ4n) is 16.7. The van der Waals surface area contributed by atoms with Gasteiger partial charge in [-0.05, 0) is 183 Å². The topological polar surface area (TPSA) is 269 Å². The third-order valence-electron chi connectivity index (χ3n) is 21.7. The summed E-state index contributed by atoms with van der Waals surface area (Å²) in [6.07, 6.45) is 12.6. The molecule has 0 amide bonds. The van der Waals surface area contributed by atoms with E-state index in [0.717, 1.165) is 111 Å². The summed E-state index contributed by atoms with van der Waals surface area (Å²) in [4.78, 5) is 112. The molecule has 12 aromatic carbocycles. The number of allylic oxidation sites excluding steroid dienone is 8. The molecule has 4 aliphatic carbocycles. The van der Waals surface area contributed by atoms with Gasteiger partial charge in [-0.2, -0.15) is 0 Å². The Balaban J connectivity index is 0.000000200. The molecule has 139 heavy (non-hydrogen) atoms. The molecule has 4 aliphatic rings. The van der Waals surface area contributed by atoms with E-state index in [9.17, 15) is 43.5 Å². The Morgan fingerprint density at radius 3 is 1.18 bits per heavy atom. The summed E-state index contributed by atoms with van der Waals surface area (Å²) in [5.41, 5.74) is 21.3. The van der Waals surface area contributed by atoms with Gasteiger partial charge in [0.1, 0.15) is 0 Å². The second-order valence-electron chi connectivity index (χ2n) is 33.7. The number of aryl methyl sites for hydroxylation is 5. The molecular weight excluding hydrogens is 2450 g/mol. The van der Waals surface area contributed by atoms with Crippen LogP contribution in [0, 0.1) is 70.6 Å². The van der Waals surface area contributed by atoms with Crippen molar-refractivity contribution in [2.75, 3.05) is 0 Å². The van der Waals surface area contributed by atoms with Crippen molar-refractivity contribution in [3.05, 3.63) is 405 Å². The van der Waals surface area contributed by atoms with Gasteiger partial charge in [0.15, 0.2) is 46.3 Å². The fourth-order valence-corrected chi connectivity index (χ4v) is 16.7. The molecule has 4 heterocycles. The van der Waals surface area contributed by atoms with Crippen LogP contribution < -0.4 is 0 Å². The molecule has 0 saturated carbocycles. The average molecular weight is 2560 g/mol. The second-order valence-corrected chi connectivity index (χ2v) is 33.7. The minimum absolute atomic E-state index is 0. The number of nitrogens with zero attached hydrogens (tertiary/aromatic N) is 4. The second kappa shape index (κ2) is 49.1. The molecule has 0 saturated heterocycles. The number of carbonyl (C=O) groups excluding carboxylic acids is 8. The number of pyridine rings is 4. The summed E-state index contributed by atoms with van der Waals surface area (Å²) in [5, 5.41) is 40.8. The molecule has 0 fully saturated rings. The van der Waals surface area contributed by atoms with Gasteiger partial charge in [-0.25, -0.2) is 0 Å². The fraction of sp³-hybridized carbons (Fsp3) is 0.160. The van der Waals surface area contributed by atoms with E-state index >= 15 is 0 Å². The van der Waals surface area contributed by atoms with Crippen molar-refractivity contribution in [2.24, 2.45) is 11.8 Å². The van der Waals surface area contributed by atoms with Crippen molar-refractivity contribution in [1.82, 2.24) is 19.9 Å². The van der Waals surface area contributed by atoms with Crippen LogP contribution in [0.4, 0.5) is 0 Å². The monoisotopic (exact) mass is 2560 g/mol. The molecule has 20 rings (SSSR count). The number of ketones is 8. The Hall–Kier alpha value is -13.6. The average Bonchev–Trinajstić information content (AvgIpc) is 1.60. The van der Waals surface area contributed by atoms with E-state index in [2.05, 4.69) is 75.4 Å². The molecule has 0 aliphatic heterocycles. The van der Waals surface area contributed by atoms with Crippen molar-refractivity contribution in [3.63, 3.8) is 0 Å². The molecule has 710 valence electrons. The van der Waals surface area contributed by atoms with Crippen LogP contribution in [0.15, 0.2) is 309 Å². The SMILES string of the molecule is CC(=O)C=C(C)O.CC(=O)C=C(C)O.CC(=O)C=C(C)O.CC(C)CC(=O)C=C(O)CC(C)C.Cc1[c-]c(-c2nccc3c4c(ccc23)-c2ccccc2C4=O)cc(C)c1.[2H]C([2H])([2H])c1[c-]c(-c2ncc3c4c(cccc24)-c2cc(C)ccc2C3=O)cc(C)c1.[2H]c1[c-]c(-c2ncc3c4c(cccc24)C(=O)c2ccccc2-3)c([2H])c([2H])c1[2H].[2H]c1[c-]c(-c2nccc3c4c(ccc23)-c2ccccc2C4=O)c([2H])c([2H])c1[2H].[Ir].[Ir].[Ir].[Ir]. The molecule has 0 spiro atoms. The molecule has 4 radical (unpaired) electrons. The van der Waals surface area contributed by atoms with Gasteiger partial charge in [0.25, 0.3) is 0 Å². The van der Waals surface area contributed by atoms with Gasteiger partial charge in [-0.15, -0.1) is 141 Å². The minimum Gasteiger partial charge on any atom is -0.512 e. The maximum absolute atomic E-state index is 13.2. The third-order valence-corrected chi connectivity index (χ3v) is 21.7. The van der Waals surface area contributed by atoms with Crippen molar-refractivity contribution in [3.8, 4) is 89.5 Å². The zero-order valence-corrected chi connectivity index (χ0v) is 87.8. The van der Waals surface area contributed by atoms with E-state index in [0.29, 0.717) is 96.9 Å². The third kappa shape index (κ3) is 25.9. The minimum atomic E-state index is -2.25. The number of aromatic nitrogens is 4. The largest absolute Gasteiger partial charge is 0.512 e. The summed E-state index contributed by atoms with van der Waals surface area (Å²) in [6, 6.07) is 68.8. The quantitative estimate of drug-likeness (QED) is 0.0503. The maximum Gasteiger partial charge on any atom is 0.195 e. The Morgan fingerprint density at radius 1 is 0.353 bits per heavy atom. The first kappa shape index (κ1) is 93.1. The van der Waals surface area contributed by atoms with E-state index in [1.165, 1.54) is 71.4 Å². The molecule has 0 bridgehead atoms. The smallest absolute Gasteiger partial charge is 0.195 e. The molecule has 0 unspecified atom stereocenters. The maximum atomic E-state index is 13.2. The number of carbonyl (C=O) groups is 8. The number of fused-ring (bicyclic) bond motifs is 14. The zero-order chi connectivity index (χ0) is 106. The Morgan fingerprint density at radius 2 is 0.734 bits per heavy atom. The number of hydrogen-bond acceptors (Lipinski definition) is 16. The summed E-state index contributed by atoms with van der Waals surface area (Å²) in [6.45, 7) is 22.3. The van der Waals surface area contributed by atoms with Crippen LogP contribution in [0.1, 0.15) is 189 Å². The van der Waals surface area contributed by atoms with E-state index in [4.69, 9.17) is 30.4 Å². The summed E-state index contributed by atoms with van der Waals surface area (Å²) in [5.74, 6) is 0.740. The molecule has 4 N–H and O–H groups in total. The molecule has 4 aromatic heterocycles. The van der Waals surface area contributed by atoms with Crippen LogP contribution in [0.2, 0.25) is 0 Å². The number of hydrogen-bond donors (Lipinski definition) is 4. The normalized spacial score (nSPS) is 13.1. The van der Waals surface area contributed by atoms with E-state index in [1.807, 2.05) is 182 Å². The molecule has 0 atom stereocenters. The zero-order valence-electron chi connectivity index (χ0n) is 89.3. The van der Waals surface area contributed by atoms with Crippen LogP contribution in [0.5, 0.6) is 0 Å². The van der Waals surface area contributed by atoms with Gasteiger partial charge < -0.3 is 40.4 Å². The van der Waals surface area contributed by atoms with Crippen LogP contribution in [0.3, 0.4) is 0 Å². The first-order chi connectivity index (χ1) is 69.1. The summed E-state index contributed by atoms with van der Waals surface area (Å²) >= 11 is 0. The Labute approximate surface area is 880 Å². The Kier molecular flexibility index (Phi) is 32.9. The van der Waals surface area contributed by atoms with Crippen molar-refractivity contribution >= 4 is 89.4 Å². The number of aliphatic hydroxyl groups excluding tert-OH is 4. The Bertz CT molecular complexity index is 8120. The van der Waals surface area contributed by atoms with Gasteiger partial charge in [-0.3, -0.25) is 38.4 Å². The molecule has 16 aromatic rings. The van der Waals surface area contributed by atoms with Gasteiger partial charge in [0, 0.05) is 202 Å². The van der Waals surface area contributed by atoms with E-state index < -0.39 is 6.85 Å². The standard InChI is InChI=1S/C25H18NO.C24H16NO.2C22H12NO.C11H20O2.3C5H8O2.4Ir/c1-14-7-8-19-21(12-14)18-5-4-6-20-23(18)22(25(19)27)13-26-24(20)17-10-15(2)9-16(3)11-17;1-14-11-15(2)13-16(12-14)23-20-8-7-18-17-5-3-4-6-21(17)24(26)22(18)19(20)9-10-25-23;24-22-16-10-5-4-9-15(16)19-13-23-21(14-7-2-1-3-8-14)17-11-6-12-18(22)20(17)19;24-22-19-9-5-4-8-15(19)16-10-11-18-17(20(16)22)12-13-23-21(18)14-6-2-1-3-7-14;1-8(2)5-10(12)7-11(13)6-9(3)4;3*1-4(6)3-5(2)7;;;;/h4-10,12-13H,1-3H3;3-12H,1-2H3;1-7,9-13H;1-6,8-13H;7-9,12H,5-6H2,1-4H3;3*3,6H,1-2H3;;;;/q4*-1;;;;;;;;/i3D3;;1D,2D,3D,7D;1D,2D,3D,6D;;;;;;;;. The van der Waals surface area contributed by atoms with E-state index in [1.54, 1.807) is 55.1 Å². The first-order valence-corrected chi connectivity index (χ1v) is 43.5. The van der Waals surface area contributed by atoms with Crippen LogP contribution >= 0.6 is 0 Å². The number of benzene rings is 12. The van der Waals surface area contributed by atoms with Gasteiger partial charge >= 0.3 is 0 Å². The van der Waals surface area contributed by atoms with Gasteiger partial charge in [-0.1, -0.05) is 213 Å². The molecular formula is C119H102Ir4N4O12-4. The van der Waals surface area contributed by atoms with Gasteiger partial charge in [0.05, 0.1) is 23.0 Å². The van der Waals surface area contributed by atoms with E-state index in [-0.39, 0.29) is 215 Å². The summed E-state index contributed by atoms with van der Waals surface area (Å²) < 4.78 is 86.8. The first-order valence-electron chi connectivity index (χ1n) is 49.0. The van der Waals surface area contributed by atoms with Crippen molar-refractivity contribution in [2.45, 2.75) is 117 Å². The summed E-state index contributed by atoms with van der Waals surface area (Å²) in [7, 11) is 0. The van der Waals surface area contributed by atoms with Crippen LogP contribution in [0.25, 0.3) is 133 Å². The van der Waals surface area contributed by atoms with Crippen LogP contribution in [-0.2, 0) is 99.6 Å². The predicted octanol–water partition coefficient (Wildman–Crippen LogP) is 27.4.